The number of hydrogen-bond acceptors (Lipinski definition) is 6. The van der Waals surface area contributed by atoms with Gasteiger partial charge in [0.25, 0.3) is 0 Å². The Labute approximate surface area is 206 Å². The number of morpholine rings is 1. The molecule has 1 fully saturated rings. The molecule has 2 aliphatic heterocycles. The van der Waals surface area contributed by atoms with E-state index < -0.39 is 6.17 Å². The number of fused-ring (bicyclic) bond motifs is 1. The van der Waals surface area contributed by atoms with Crippen molar-refractivity contribution in [2.75, 3.05) is 44.8 Å². The number of benzene rings is 1. The molecule has 1 saturated heterocycles. The zero-order valence-corrected chi connectivity index (χ0v) is 21.4. The summed E-state index contributed by atoms with van der Waals surface area (Å²) in [5, 5.41) is 6.32. The van der Waals surface area contributed by atoms with Gasteiger partial charge in [0.15, 0.2) is 0 Å². The zero-order chi connectivity index (χ0) is 23.2. The topological polar surface area (TPSA) is 27.7 Å². The summed E-state index contributed by atoms with van der Waals surface area (Å²) in [6, 6.07) is 6.44. The van der Waals surface area contributed by atoms with E-state index in [0.717, 1.165) is 67.5 Å². The average Bonchev–Trinajstić information content (AvgIpc) is 3.17. The molecule has 3 unspecified atom stereocenters. The molecule has 3 aliphatic rings. The minimum Gasteiger partial charge on any atom is -0.385 e. The molecule has 33 heavy (non-hydrogen) atoms. The molecule has 1 N–H and O–H groups in total. The van der Waals surface area contributed by atoms with Gasteiger partial charge >= 0.3 is 0 Å². The molecule has 0 spiro atoms. The number of hydrogen-bond donors (Lipinski definition) is 1. The first-order valence-electron chi connectivity index (χ1n) is 11.9. The lowest BCUT2D eigenvalue weighted by Gasteiger charge is -2.33. The normalized spacial score (nSPS) is 25.1. The maximum absolute atomic E-state index is 13.6. The van der Waals surface area contributed by atoms with Crippen LogP contribution in [-0.4, -0.2) is 72.2 Å². The van der Waals surface area contributed by atoms with Gasteiger partial charge in [0.05, 0.1) is 18.1 Å². The van der Waals surface area contributed by atoms with Crippen molar-refractivity contribution in [1.29, 1.82) is 0 Å². The molecule has 3 atom stereocenters. The van der Waals surface area contributed by atoms with Gasteiger partial charge in [-0.3, -0.25) is 4.90 Å². The summed E-state index contributed by atoms with van der Waals surface area (Å²) in [5.74, 6) is 2.02. The number of alkyl halides is 1. The van der Waals surface area contributed by atoms with Crippen LogP contribution in [0.4, 0.5) is 4.39 Å². The van der Waals surface area contributed by atoms with Crippen LogP contribution in [0.5, 0.6) is 0 Å². The summed E-state index contributed by atoms with van der Waals surface area (Å²) in [6.45, 7) is 10.7. The summed E-state index contributed by atoms with van der Waals surface area (Å²) in [7, 11) is 2.19. The van der Waals surface area contributed by atoms with Crippen LogP contribution in [0.2, 0.25) is 0 Å². The predicted octanol–water partition coefficient (Wildman–Crippen LogP) is 4.89. The van der Waals surface area contributed by atoms with Crippen LogP contribution in [0.25, 0.3) is 6.08 Å². The van der Waals surface area contributed by atoms with Crippen molar-refractivity contribution < 1.29 is 9.13 Å². The largest absolute Gasteiger partial charge is 0.385 e. The van der Waals surface area contributed by atoms with Gasteiger partial charge in [-0.1, -0.05) is 37.8 Å². The highest BCUT2D eigenvalue weighted by Crippen LogP contribution is 2.33. The smallest absolute Gasteiger partial charge is 0.123 e. The highest BCUT2D eigenvalue weighted by atomic mass is 32.2. The van der Waals surface area contributed by atoms with Gasteiger partial charge in [0.1, 0.15) is 6.17 Å². The molecule has 2 heterocycles. The first kappa shape index (κ1) is 24.7. The minimum absolute atomic E-state index is 0.165. The molecule has 1 aromatic carbocycles. The van der Waals surface area contributed by atoms with E-state index in [1.54, 1.807) is 6.08 Å². The van der Waals surface area contributed by atoms with Crippen molar-refractivity contribution in [2.24, 2.45) is 0 Å². The summed E-state index contributed by atoms with van der Waals surface area (Å²) in [4.78, 5) is 4.85. The third-order valence-electron chi connectivity index (χ3n) is 6.46. The van der Waals surface area contributed by atoms with Gasteiger partial charge in [0.2, 0.25) is 0 Å². The summed E-state index contributed by atoms with van der Waals surface area (Å²) in [5.41, 5.74) is 6.05. The Balaban J connectivity index is 1.16. The fourth-order valence-electron chi connectivity index (χ4n) is 4.47. The highest BCUT2D eigenvalue weighted by Gasteiger charge is 2.23. The second kappa shape index (κ2) is 11.8. The van der Waals surface area contributed by atoms with Gasteiger partial charge in [-0.05, 0) is 34.6 Å². The maximum atomic E-state index is 13.6. The van der Waals surface area contributed by atoms with Gasteiger partial charge in [0, 0.05) is 62.5 Å². The number of nitrogens with one attached hydrogen (secondary N) is 1. The Bertz CT molecular complexity index is 890. The fraction of sp³-hybridized carbons (Fsp3) is 0.538. The molecule has 1 aromatic rings. The minimum atomic E-state index is -0.849. The first-order valence-corrected chi connectivity index (χ1v) is 14.0. The third kappa shape index (κ3) is 6.81. The van der Waals surface area contributed by atoms with Crippen LogP contribution < -0.4 is 5.32 Å². The summed E-state index contributed by atoms with van der Waals surface area (Å²) >= 11 is 3.86. The van der Waals surface area contributed by atoms with Gasteiger partial charge < -0.3 is 15.0 Å². The van der Waals surface area contributed by atoms with Crippen molar-refractivity contribution >= 4 is 29.6 Å². The molecular formula is C26H36FN3OS2. The summed E-state index contributed by atoms with van der Waals surface area (Å²) < 4.78 is 19.6. The predicted molar refractivity (Wildman–Crippen MR) is 141 cm³/mol. The van der Waals surface area contributed by atoms with E-state index in [-0.39, 0.29) is 6.10 Å². The van der Waals surface area contributed by atoms with E-state index in [1.165, 1.54) is 11.3 Å². The second-order valence-electron chi connectivity index (χ2n) is 9.00. The Morgan fingerprint density at radius 2 is 2.27 bits per heavy atom. The van der Waals surface area contributed by atoms with E-state index in [9.17, 15) is 4.39 Å². The lowest BCUT2D eigenvalue weighted by Crippen LogP contribution is -2.46. The Hall–Kier alpha value is -1.41. The number of rotatable bonds is 10. The van der Waals surface area contributed by atoms with E-state index >= 15 is 0 Å². The molecule has 0 radical (unpaired) electrons. The van der Waals surface area contributed by atoms with Crippen molar-refractivity contribution in [1.82, 2.24) is 15.1 Å². The van der Waals surface area contributed by atoms with E-state index in [2.05, 4.69) is 59.3 Å². The van der Waals surface area contributed by atoms with E-state index in [1.807, 2.05) is 29.6 Å². The lowest BCUT2D eigenvalue weighted by atomic mass is 9.94. The number of ether oxygens (including phenoxy) is 1. The molecule has 0 bridgehead atoms. The maximum Gasteiger partial charge on any atom is 0.123 e. The van der Waals surface area contributed by atoms with Crippen LogP contribution in [0.3, 0.4) is 0 Å². The SMILES string of the molecule is C=C(CSCC1SC=C(CC)N1C)NCC1CN(Cc2ccc3c(c2)C=CC(F)C3)CCO1. The second-order valence-corrected chi connectivity index (χ2v) is 11.1. The Morgan fingerprint density at radius 3 is 3.09 bits per heavy atom. The Morgan fingerprint density at radius 1 is 1.39 bits per heavy atom. The van der Waals surface area contributed by atoms with Crippen molar-refractivity contribution in [3.8, 4) is 0 Å². The lowest BCUT2D eigenvalue weighted by molar-refractivity contribution is -0.0289. The van der Waals surface area contributed by atoms with Crippen LogP contribution in [0.15, 0.2) is 47.7 Å². The van der Waals surface area contributed by atoms with Crippen LogP contribution in [0, 0.1) is 0 Å². The highest BCUT2D eigenvalue weighted by molar-refractivity contribution is 8.05. The van der Waals surface area contributed by atoms with E-state index in [0.29, 0.717) is 11.8 Å². The number of allylic oxidation sites excluding steroid dienone is 2. The summed E-state index contributed by atoms with van der Waals surface area (Å²) in [6.07, 6.45) is 4.49. The molecule has 0 amide bonds. The van der Waals surface area contributed by atoms with Crippen molar-refractivity contribution in [3.05, 3.63) is 64.3 Å². The average molecular weight is 490 g/mol. The molecule has 0 aromatic heterocycles. The molecule has 4 nitrogen and oxygen atoms in total. The number of halogens is 1. The molecule has 7 heteroatoms. The molecule has 180 valence electrons. The van der Waals surface area contributed by atoms with Crippen molar-refractivity contribution in [2.45, 2.75) is 44.0 Å². The van der Waals surface area contributed by atoms with Crippen LogP contribution in [-0.2, 0) is 17.7 Å². The van der Waals surface area contributed by atoms with Crippen LogP contribution in [0.1, 0.15) is 30.0 Å². The van der Waals surface area contributed by atoms with Gasteiger partial charge in [-0.25, -0.2) is 4.39 Å². The van der Waals surface area contributed by atoms with Gasteiger partial charge in [-0.15, -0.1) is 11.8 Å². The van der Waals surface area contributed by atoms with Crippen LogP contribution >= 0.6 is 23.5 Å². The standard InChI is InChI=1S/C26H36FN3OS2/c1-4-24-17-33-26(29(24)3)18-32-16-19(2)28-13-25-15-30(9-10-31-25)14-20-5-6-22-12-23(27)8-7-21(22)11-20/h5-8,11,17,23,25-26,28H,2,4,9-10,12-16,18H2,1,3H3. The molecule has 4 rings (SSSR count). The van der Waals surface area contributed by atoms with Gasteiger partial charge in [-0.2, -0.15) is 11.8 Å². The molecule has 1 aliphatic carbocycles. The zero-order valence-electron chi connectivity index (χ0n) is 19.8. The quantitative estimate of drug-likeness (QED) is 0.503. The van der Waals surface area contributed by atoms with Crippen molar-refractivity contribution in [3.63, 3.8) is 0 Å². The monoisotopic (exact) mass is 489 g/mol. The molecular weight excluding hydrogens is 453 g/mol. The number of thioether (sulfide) groups is 2. The Kier molecular flexibility index (Phi) is 8.85. The first-order chi connectivity index (χ1) is 16.0. The van der Waals surface area contributed by atoms with E-state index in [4.69, 9.17) is 4.74 Å². The third-order valence-corrected chi connectivity index (χ3v) is 8.98. The fourth-order valence-corrected chi connectivity index (χ4v) is 6.93. The molecule has 0 saturated carbocycles. The number of nitrogens with zero attached hydrogens (tertiary/aromatic N) is 2.